The molecule has 0 spiro atoms. The molecule has 0 atom stereocenters. The number of carbonyl (C=O) groups is 2. The molecule has 2 amide bonds. The molecule has 0 bridgehead atoms. The average molecular weight is 393 g/mol. The van der Waals surface area contributed by atoms with E-state index in [2.05, 4.69) is 15.3 Å². The van der Waals surface area contributed by atoms with E-state index in [1.165, 1.54) is 0 Å². The van der Waals surface area contributed by atoms with Crippen LogP contribution in [0.3, 0.4) is 0 Å². The summed E-state index contributed by atoms with van der Waals surface area (Å²) >= 11 is 0. The molecule has 3 aromatic heterocycles. The van der Waals surface area contributed by atoms with Gasteiger partial charge in [0.15, 0.2) is 0 Å². The number of aromatic nitrogens is 3. The van der Waals surface area contributed by atoms with Crippen molar-refractivity contribution in [2.45, 2.75) is 33.1 Å². The van der Waals surface area contributed by atoms with Gasteiger partial charge in [-0.05, 0) is 56.0 Å². The molecular formula is C22H27N5O2. The molecular weight excluding hydrogens is 366 g/mol. The highest BCUT2D eigenvalue weighted by atomic mass is 16.2. The number of rotatable bonds is 8. The first-order valence-corrected chi connectivity index (χ1v) is 9.82. The number of carbonyl (C=O) groups excluding carboxylic acids is 2. The molecule has 3 aromatic rings. The largest absolute Gasteiger partial charge is 0.351 e. The fraction of sp³-hybridized carbons (Fsp3) is 0.364. The minimum Gasteiger partial charge on any atom is -0.351 e. The lowest BCUT2D eigenvalue weighted by molar-refractivity contribution is -0.129. The topological polar surface area (TPSA) is 79.6 Å². The van der Waals surface area contributed by atoms with Crippen LogP contribution in [0.1, 0.15) is 40.2 Å². The van der Waals surface area contributed by atoms with E-state index < -0.39 is 0 Å². The van der Waals surface area contributed by atoms with E-state index in [1.54, 1.807) is 17.3 Å². The van der Waals surface area contributed by atoms with E-state index in [9.17, 15) is 9.59 Å². The third kappa shape index (κ3) is 4.99. The third-order valence-electron chi connectivity index (χ3n) is 5.00. The van der Waals surface area contributed by atoms with Crippen LogP contribution in [0, 0.1) is 13.8 Å². The highest BCUT2D eigenvalue weighted by Gasteiger charge is 2.17. The molecule has 0 aliphatic heterocycles. The summed E-state index contributed by atoms with van der Waals surface area (Å²) in [5, 5.41) is 2.91. The molecule has 0 unspecified atom stereocenters. The normalized spacial score (nSPS) is 10.9. The van der Waals surface area contributed by atoms with Crippen LogP contribution in [0.2, 0.25) is 0 Å². The predicted octanol–water partition coefficient (Wildman–Crippen LogP) is 2.56. The Balaban J connectivity index is 1.45. The van der Waals surface area contributed by atoms with Gasteiger partial charge in [-0.2, -0.15) is 0 Å². The van der Waals surface area contributed by atoms with Gasteiger partial charge >= 0.3 is 0 Å². The first kappa shape index (κ1) is 20.5. The van der Waals surface area contributed by atoms with Crippen molar-refractivity contribution in [2.75, 3.05) is 20.1 Å². The van der Waals surface area contributed by atoms with Crippen LogP contribution in [0.15, 0.2) is 42.9 Å². The van der Waals surface area contributed by atoms with Gasteiger partial charge in [0.2, 0.25) is 5.91 Å². The second-order valence-electron chi connectivity index (χ2n) is 7.21. The Labute approximate surface area is 170 Å². The van der Waals surface area contributed by atoms with Crippen molar-refractivity contribution in [1.29, 1.82) is 0 Å². The molecule has 0 radical (unpaired) electrons. The van der Waals surface area contributed by atoms with Gasteiger partial charge in [0.25, 0.3) is 5.91 Å². The number of pyridine rings is 2. The number of amides is 2. The number of imidazole rings is 1. The molecule has 29 heavy (non-hydrogen) atoms. The second kappa shape index (κ2) is 9.32. The van der Waals surface area contributed by atoms with Crippen LogP contribution in [-0.4, -0.2) is 51.2 Å². The fourth-order valence-corrected chi connectivity index (χ4v) is 3.28. The molecule has 152 valence electrons. The minimum atomic E-state index is -0.168. The summed E-state index contributed by atoms with van der Waals surface area (Å²) in [7, 11) is 1.81. The van der Waals surface area contributed by atoms with E-state index >= 15 is 0 Å². The highest BCUT2D eigenvalue weighted by molar-refractivity contribution is 5.94. The predicted molar refractivity (Wildman–Crippen MR) is 112 cm³/mol. The number of hydrogen-bond acceptors (Lipinski definition) is 4. The summed E-state index contributed by atoms with van der Waals surface area (Å²) < 4.78 is 1.82. The van der Waals surface area contributed by atoms with Crippen molar-refractivity contribution in [3.05, 3.63) is 65.4 Å². The number of aryl methyl sites for hydroxylation is 2. The monoisotopic (exact) mass is 393 g/mol. The van der Waals surface area contributed by atoms with Gasteiger partial charge in [0, 0.05) is 45.1 Å². The van der Waals surface area contributed by atoms with E-state index in [1.807, 2.05) is 55.8 Å². The van der Waals surface area contributed by atoms with Crippen LogP contribution < -0.4 is 5.32 Å². The smallest absolute Gasteiger partial charge is 0.270 e. The van der Waals surface area contributed by atoms with Gasteiger partial charge in [-0.25, -0.2) is 4.98 Å². The lowest BCUT2D eigenvalue weighted by Crippen LogP contribution is -2.31. The van der Waals surface area contributed by atoms with Crippen molar-refractivity contribution in [2.24, 2.45) is 0 Å². The molecule has 3 heterocycles. The van der Waals surface area contributed by atoms with Crippen LogP contribution >= 0.6 is 0 Å². The lowest BCUT2D eigenvalue weighted by atomic mass is 10.2. The van der Waals surface area contributed by atoms with E-state index in [4.69, 9.17) is 0 Å². The summed E-state index contributed by atoms with van der Waals surface area (Å²) in [6.45, 7) is 4.92. The first-order chi connectivity index (χ1) is 14.0. The van der Waals surface area contributed by atoms with Crippen molar-refractivity contribution in [3.8, 4) is 0 Å². The van der Waals surface area contributed by atoms with Crippen LogP contribution in [0.5, 0.6) is 0 Å². The number of hydrogen-bond donors (Lipinski definition) is 1. The lowest BCUT2D eigenvalue weighted by Gasteiger charge is -2.17. The maximum atomic E-state index is 12.6. The molecule has 0 fully saturated rings. The Kier molecular flexibility index (Phi) is 6.59. The van der Waals surface area contributed by atoms with Gasteiger partial charge in [-0.1, -0.05) is 6.07 Å². The number of likely N-dealkylation sites (N-methyl/N-ethyl adjacent to an activating group) is 1. The zero-order chi connectivity index (χ0) is 20.8. The van der Waals surface area contributed by atoms with Gasteiger partial charge in [0.1, 0.15) is 11.3 Å². The highest BCUT2D eigenvalue weighted by Crippen LogP contribution is 2.15. The Morgan fingerprint density at radius 2 is 1.93 bits per heavy atom. The van der Waals surface area contributed by atoms with E-state index in [0.29, 0.717) is 37.3 Å². The molecule has 0 aliphatic carbocycles. The zero-order valence-corrected chi connectivity index (χ0v) is 17.2. The maximum Gasteiger partial charge on any atom is 0.270 e. The molecule has 0 saturated carbocycles. The summed E-state index contributed by atoms with van der Waals surface area (Å²) in [5.41, 5.74) is 4.22. The van der Waals surface area contributed by atoms with Crippen molar-refractivity contribution in [3.63, 3.8) is 0 Å². The van der Waals surface area contributed by atoms with Gasteiger partial charge in [-0.15, -0.1) is 0 Å². The Hall–Kier alpha value is -3.22. The Morgan fingerprint density at radius 3 is 2.69 bits per heavy atom. The van der Waals surface area contributed by atoms with Crippen molar-refractivity contribution in [1.82, 2.24) is 24.6 Å². The first-order valence-electron chi connectivity index (χ1n) is 9.82. The van der Waals surface area contributed by atoms with Crippen LogP contribution in [0.25, 0.3) is 5.65 Å². The average Bonchev–Trinajstić information content (AvgIpc) is 3.07. The standard InChI is InChI=1S/C22H27N5O2/c1-16-6-5-14-27-20(17(2)25-21(16)27)22(29)24-11-4-7-19(28)26(3)15-10-18-8-12-23-13-9-18/h5-6,8-9,12-14H,4,7,10-11,15H2,1-3H3,(H,24,29). The number of fused-ring (bicyclic) bond motifs is 1. The molecule has 0 aliphatic rings. The molecule has 0 aromatic carbocycles. The van der Waals surface area contributed by atoms with E-state index in [-0.39, 0.29) is 11.8 Å². The summed E-state index contributed by atoms with van der Waals surface area (Å²) in [6.07, 6.45) is 7.16. The zero-order valence-electron chi connectivity index (χ0n) is 17.2. The molecule has 7 heteroatoms. The van der Waals surface area contributed by atoms with Crippen molar-refractivity contribution >= 4 is 17.5 Å². The van der Waals surface area contributed by atoms with Gasteiger partial charge < -0.3 is 10.2 Å². The van der Waals surface area contributed by atoms with Crippen molar-refractivity contribution < 1.29 is 9.59 Å². The molecule has 1 N–H and O–H groups in total. The number of nitrogens with one attached hydrogen (secondary N) is 1. The fourth-order valence-electron chi connectivity index (χ4n) is 3.28. The number of nitrogens with zero attached hydrogens (tertiary/aromatic N) is 4. The summed E-state index contributed by atoms with van der Waals surface area (Å²) in [5.74, 6) is -0.0889. The summed E-state index contributed by atoms with van der Waals surface area (Å²) in [6, 6.07) is 7.79. The van der Waals surface area contributed by atoms with Crippen LogP contribution in [0.4, 0.5) is 0 Å². The Morgan fingerprint density at radius 1 is 1.17 bits per heavy atom. The van der Waals surface area contributed by atoms with Crippen LogP contribution in [-0.2, 0) is 11.2 Å². The van der Waals surface area contributed by atoms with Gasteiger partial charge in [0.05, 0.1) is 5.69 Å². The quantitative estimate of drug-likeness (QED) is 0.597. The SMILES string of the molecule is Cc1nc2c(C)cccn2c1C(=O)NCCCC(=O)N(C)CCc1ccncc1. The minimum absolute atomic E-state index is 0.0786. The molecule has 0 saturated heterocycles. The van der Waals surface area contributed by atoms with E-state index in [0.717, 1.165) is 23.2 Å². The molecule has 3 rings (SSSR count). The van der Waals surface area contributed by atoms with Gasteiger partial charge in [-0.3, -0.25) is 19.0 Å². The maximum absolute atomic E-state index is 12.6. The second-order valence-corrected chi connectivity index (χ2v) is 7.21. The Bertz CT molecular complexity index is 997. The molecule has 7 nitrogen and oxygen atoms in total. The summed E-state index contributed by atoms with van der Waals surface area (Å²) in [4.78, 5) is 35.1. The third-order valence-corrected chi connectivity index (χ3v) is 5.00.